The summed E-state index contributed by atoms with van der Waals surface area (Å²) in [6.45, 7) is 5.31. The first-order valence-corrected chi connectivity index (χ1v) is 10.8. The summed E-state index contributed by atoms with van der Waals surface area (Å²) in [5, 5.41) is 1.34. The molecule has 2 aromatic carbocycles. The quantitative estimate of drug-likeness (QED) is 0.438. The van der Waals surface area contributed by atoms with Crippen LogP contribution in [0.2, 0.25) is 5.04 Å². The van der Waals surface area contributed by atoms with Crippen LogP contribution in [0.4, 0.5) is 13.2 Å². The first-order chi connectivity index (χ1) is 13.0. The normalized spacial score (nSPS) is 13.8. The monoisotopic (exact) mass is 409 g/mol. The Bertz CT molecular complexity index is 746. The lowest BCUT2D eigenvalue weighted by atomic mass is 10.2. The Labute approximate surface area is 164 Å². The van der Waals surface area contributed by atoms with Crippen molar-refractivity contribution in [3.8, 4) is 0 Å². The second-order valence-electron chi connectivity index (χ2n) is 7.59. The van der Waals surface area contributed by atoms with Crippen LogP contribution in [-0.2, 0) is 4.43 Å². The average Bonchev–Trinajstić information content (AvgIpc) is 2.61. The third-order valence-electron chi connectivity index (χ3n) is 4.56. The number of rotatable bonds is 6. The van der Waals surface area contributed by atoms with Crippen LogP contribution in [-0.4, -0.2) is 33.1 Å². The highest BCUT2D eigenvalue weighted by molar-refractivity contribution is 6.99. The molecule has 0 radical (unpaired) electrons. The topological polar surface area (TPSA) is 73.6 Å². The fourth-order valence-corrected chi connectivity index (χ4v) is 7.91. The summed E-state index contributed by atoms with van der Waals surface area (Å²) < 4.78 is 46.7. The molecule has 0 amide bonds. The van der Waals surface area contributed by atoms with E-state index in [1.54, 1.807) is 0 Å². The van der Waals surface area contributed by atoms with E-state index < -0.39 is 38.1 Å². The predicted molar refractivity (Wildman–Crippen MR) is 109 cm³/mol. The first kappa shape index (κ1) is 22.0. The Hall–Kier alpha value is -2.32. The molecule has 4 N–H and O–H groups in total. The standard InChI is InChI=1S/C20H26F3N3OSi/c1-19(2,3)28(15-10-6-4-7-11-15,16-12-8-5-9-13-16)27-14-17(20(21,22)23)26-18(24)25/h4-13,17H,14H2,1-3H3,(H4,24,25,26). The highest BCUT2D eigenvalue weighted by atomic mass is 28.4. The molecular formula is C20H26F3N3OSi. The molecule has 8 heteroatoms. The van der Waals surface area contributed by atoms with Gasteiger partial charge in [-0.2, -0.15) is 13.2 Å². The van der Waals surface area contributed by atoms with Crippen LogP contribution in [0.25, 0.3) is 0 Å². The van der Waals surface area contributed by atoms with Crippen molar-refractivity contribution in [2.45, 2.75) is 38.0 Å². The van der Waals surface area contributed by atoms with Crippen LogP contribution in [0.15, 0.2) is 65.7 Å². The van der Waals surface area contributed by atoms with Crippen molar-refractivity contribution in [2.24, 2.45) is 16.5 Å². The maximum Gasteiger partial charge on any atom is 0.413 e. The summed E-state index contributed by atoms with van der Waals surface area (Å²) in [5.41, 5.74) is 10.4. The van der Waals surface area contributed by atoms with Gasteiger partial charge in [0.1, 0.15) is 0 Å². The van der Waals surface area contributed by atoms with Gasteiger partial charge in [0.2, 0.25) is 0 Å². The molecule has 152 valence electrons. The van der Waals surface area contributed by atoms with E-state index in [0.717, 1.165) is 10.4 Å². The van der Waals surface area contributed by atoms with Crippen molar-refractivity contribution in [3.63, 3.8) is 0 Å². The lowest BCUT2D eigenvalue weighted by Crippen LogP contribution is -2.67. The highest BCUT2D eigenvalue weighted by Crippen LogP contribution is 2.37. The Morgan fingerprint density at radius 2 is 1.36 bits per heavy atom. The molecule has 28 heavy (non-hydrogen) atoms. The number of guanidine groups is 1. The molecule has 0 aliphatic rings. The van der Waals surface area contributed by atoms with Crippen LogP contribution >= 0.6 is 0 Å². The van der Waals surface area contributed by atoms with E-state index in [1.807, 2.05) is 81.4 Å². The second kappa shape index (κ2) is 8.36. The number of benzene rings is 2. The minimum absolute atomic E-state index is 0.441. The molecule has 0 aliphatic heterocycles. The lowest BCUT2D eigenvalue weighted by Gasteiger charge is -2.43. The number of halogens is 3. The van der Waals surface area contributed by atoms with Gasteiger partial charge in [0.25, 0.3) is 8.32 Å². The Morgan fingerprint density at radius 1 is 0.929 bits per heavy atom. The molecule has 0 spiro atoms. The van der Waals surface area contributed by atoms with Gasteiger partial charge in [0, 0.05) is 0 Å². The van der Waals surface area contributed by atoms with Crippen LogP contribution in [0.1, 0.15) is 20.8 Å². The summed E-state index contributed by atoms with van der Waals surface area (Å²) in [4.78, 5) is 3.37. The van der Waals surface area contributed by atoms with Gasteiger partial charge < -0.3 is 15.9 Å². The van der Waals surface area contributed by atoms with Gasteiger partial charge in [-0.3, -0.25) is 0 Å². The molecule has 0 heterocycles. The fraction of sp³-hybridized carbons (Fsp3) is 0.350. The fourth-order valence-electron chi connectivity index (χ4n) is 3.35. The van der Waals surface area contributed by atoms with Gasteiger partial charge in [-0.05, 0) is 15.4 Å². The minimum atomic E-state index is -4.62. The number of alkyl halides is 3. The molecule has 4 nitrogen and oxygen atoms in total. The Balaban J connectivity index is 2.60. The maximum absolute atomic E-state index is 13.5. The highest BCUT2D eigenvalue weighted by Gasteiger charge is 2.52. The number of hydrogen-bond acceptors (Lipinski definition) is 2. The summed E-state index contributed by atoms with van der Waals surface area (Å²) in [6.07, 6.45) is -4.62. The molecule has 0 aliphatic carbocycles. The van der Waals surface area contributed by atoms with Crippen LogP contribution < -0.4 is 21.8 Å². The van der Waals surface area contributed by atoms with Crippen molar-refractivity contribution >= 4 is 24.7 Å². The van der Waals surface area contributed by atoms with Gasteiger partial charge in [-0.15, -0.1) is 0 Å². The number of nitrogens with zero attached hydrogens (tertiary/aromatic N) is 1. The Kier molecular flexibility index (Phi) is 6.56. The molecule has 2 aromatic rings. The van der Waals surface area contributed by atoms with E-state index in [9.17, 15) is 13.2 Å². The zero-order valence-electron chi connectivity index (χ0n) is 16.2. The molecule has 2 rings (SSSR count). The third kappa shape index (κ3) is 4.74. The van der Waals surface area contributed by atoms with Gasteiger partial charge >= 0.3 is 6.18 Å². The van der Waals surface area contributed by atoms with E-state index in [0.29, 0.717) is 0 Å². The largest absolute Gasteiger partial charge is 0.413 e. The predicted octanol–water partition coefficient (Wildman–Crippen LogP) is 2.77. The number of hydrogen-bond donors (Lipinski definition) is 2. The van der Waals surface area contributed by atoms with E-state index >= 15 is 0 Å². The number of aliphatic imine (C=N–C) groups is 1. The second-order valence-corrected chi connectivity index (χ2v) is 11.9. The van der Waals surface area contributed by atoms with Crippen LogP contribution in [0, 0.1) is 0 Å². The van der Waals surface area contributed by atoms with E-state index in [1.165, 1.54) is 0 Å². The van der Waals surface area contributed by atoms with Crippen LogP contribution in [0.5, 0.6) is 0 Å². The van der Waals surface area contributed by atoms with E-state index in [2.05, 4.69) is 4.99 Å². The van der Waals surface area contributed by atoms with Crippen molar-refractivity contribution in [2.75, 3.05) is 6.61 Å². The molecule has 0 bridgehead atoms. The molecule has 1 unspecified atom stereocenters. The smallest absolute Gasteiger partial charge is 0.405 e. The molecule has 1 atom stereocenters. The van der Waals surface area contributed by atoms with Crippen molar-refractivity contribution in [1.82, 2.24) is 0 Å². The van der Waals surface area contributed by atoms with E-state index in [-0.39, 0.29) is 0 Å². The maximum atomic E-state index is 13.5. The van der Waals surface area contributed by atoms with Gasteiger partial charge in [-0.1, -0.05) is 81.4 Å². The van der Waals surface area contributed by atoms with Crippen molar-refractivity contribution in [1.29, 1.82) is 0 Å². The Morgan fingerprint density at radius 3 is 1.68 bits per heavy atom. The number of nitrogens with two attached hydrogens (primary N) is 2. The third-order valence-corrected chi connectivity index (χ3v) is 9.56. The van der Waals surface area contributed by atoms with Gasteiger partial charge in [-0.25, -0.2) is 4.99 Å². The minimum Gasteiger partial charge on any atom is -0.405 e. The summed E-state index contributed by atoms with van der Waals surface area (Å²) in [7, 11) is -3.09. The SMILES string of the molecule is CC(C)(C)[Si](OCC(N=C(N)N)C(F)(F)F)(c1ccccc1)c1ccccc1. The molecule has 0 fully saturated rings. The summed E-state index contributed by atoms with van der Waals surface area (Å²) >= 11 is 0. The molecule has 0 saturated heterocycles. The lowest BCUT2D eigenvalue weighted by molar-refractivity contribution is -0.153. The average molecular weight is 410 g/mol. The molecular weight excluding hydrogens is 383 g/mol. The zero-order chi connectivity index (χ0) is 21.0. The van der Waals surface area contributed by atoms with Crippen molar-refractivity contribution < 1.29 is 17.6 Å². The van der Waals surface area contributed by atoms with Gasteiger partial charge in [0.15, 0.2) is 12.0 Å². The first-order valence-electron chi connectivity index (χ1n) is 8.89. The molecule has 0 saturated carbocycles. The summed E-state index contributed by atoms with van der Waals surface area (Å²) in [5.74, 6) is -0.617. The van der Waals surface area contributed by atoms with Crippen molar-refractivity contribution in [3.05, 3.63) is 60.7 Å². The molecule has 0 aromatic heterocycles. The van der Waals surface area contributed by atoms with Gasteiger partial charge in [0.05, 0.1) is 6.61 Å². The van der Waals surface area contributed by atoms with Crippen LogP contribution in [0.3, 0.4) is 0 Å². The summed E-state index contributed by atoms with van der Waals surface area (Å²) in [6, 6.07) is 16.7. The van der Waals surface area contributed by atoms with E-state index in [4.69, 9.17) is 15.9 Å². The zero-order valence-corrected chi connectivity index (χ0v) is 17.2.